The smallest absolute Gasteiger partial charge is 0.229 e. The van der Waals surface area contributed by atoms with Gasteiger partial charge < -0.3 is 5.32 Å². The Morgan fingerprint density at radius 2 is 2.00 bits per heavy atom. The zero-order valence-electron chi connectivity index (χ0n) is 14.5. The molecule has 1 N–H and O–H groups in total. The van der Waals surface area contributed by atoms with Crippen molar-refractivity contribution in [2.24, 2.45) is 5.92 Å². The molecule has 1 fully saturated rings. The van der Waals surface area contributed by atoms with Crippen LogP contribution in [0.15, 0.2) is 29.6 Å². The van der Waals surface area contributed by atoms with Crippen molar-refractivity contribution in [1.82, 2.24) is 9.88 Å². The Balaban J connectivity index is 1.33. The topological polar surface area (TPSA) is 45.2 Å². The minimum atomic E-state index is 0.160. The number of hydrogen-bond donors (Lipinski definition) is 1. The molecule has 25 heavy (non-hydrogen) atoms. The van der Waals surface area contributed by atoms with Gasteiger partial charge in [0.15, 0.2) is 5.13 Å². The molecule has 1 aromatic carbocycles. The molecule has 4 nitrogen and oxygen atoms in total. The average Bonchev–Trinajstić information content (AvgIpc) is 3.09. The number of anilines is 1. The second kappa shape index (κ2) is 7.67. The largest absolute Gasteiger partial charge is 0.302 e. The highest BCUT2D eigenvalue weighted by molar-refractivity contribution is 7.13. The van der Waals surface area contributed by atoms with Gasteiger partial charge in [0.2, 0.25) is 5.91 Å². The van der Waals surface area contributed by atoms with Crippen LogP contribution in [-0.4, -0.2) is 22.3 Å². The van der Waals surface area contributed by atoms with Gasteiger partial charge in [0.05, 0.1) is 5.69 Å². The summed E-state index contributed by atoms with van der Waals surface area (Å²) in [6, 6.07) is 8.69. The molecular weight excluding hydrogens is 330 g/mol. The monoisotopic (exact) mass is 355 g/mol. The van der Waals surface area contributed by atoms with Crippen LogP contribution in [0, 0.1) is 5.92 Å². The SMILES string of the molecule is O=C(Nc1nc(CN2CCc3ccccc3C2)cs1)C1CCCCC1. The van der Waals surface area contributed by atoms with E-state index in [1.807, 2.05) is 0 Å². The maximum absolute atomic E-state index is 12.3. The van der Waals surface area contributed by atoms with Crippen molar-refractivity contribution >= 4 is 22.4 Å². The number of fused-ring (bicyclic) bond motifs is 1. The van der Waals surface area contributed by atoms with E-state index in [1.165, 1.54) is 30.4 Å². The third kappa shape index (κ3) is 4.10. The summed E-state index contributed by atoms with van der Waals surface area (Å²) >= 11 is 1.55. The van der Waals surface area contributed by atoms with Crippen LogP contribution in [0.5, 0.6) is 0 Å². The zero-order valence-corrected chi connectivity index (χ0v) is 15.4. The summed E-state index contributed by atoms with van der Waals surface area (Å²) < 4.78 is 0. The summed E-state index contributed by atoms with van der Waals surface area (Å²) in [6.45, 7) is 2.90. The highest BCUT2D eigenvalue weighted by Gasteiger charge is 2.22. The van der Waals surface area contributed by atoms with Gasteiger partial charge >= 0.3 is 0 Å². The van der Waals surface area contributed by atoms with Crippen molar-refractivity contribution in [1.29, 1.82) is 0 Å². The number of hydrogen-bond acceptors (Lipinski definition) is 4. The standard InChI is InChI=1S/C20H25N3OS/c24-19(16-7-2-1-3-8-16)22-20-21-18(14-25-20)13-23-11-10-15-6-4-5-9-17(15)12-23/h4-6,9,14,16H,1-3,7-8,10-13H2,(H,21,22,24). The van der Waals surface area contributed by atoms with Gasteiger partial charge in [0.25, 0.3) is 0 Å². The molecule has 2 aliphatic rings. The fourth-order valence-electron chi connectivity index (χ4n) is 3.93. The molecule has 0 unspecified atom stereocenters. The van der Waals surface area contributed by atoms with E-state index in [0.29, 0.717) is 0 Å². The number of nitrogens with one attached hydrogen (secondary N) is 1. The third-order valence-corrected chi connectivity index (χ3v) is 6.16. The van der Waals surface area contributed by atoms with Crippen molar-refractivity contribution in [3.63, 3.8) is 0 Å². The first-order valence-electron chi connectivity index (χ1n) is 9.32. The Morgan fingerprint density at radius 3 is 2.84 bits per heavy atom. The number of carbonyl (C=O) groups excluding carboxylic acids is 1. The van der Waals surface area contributed by atoms with Gasteiger partial charge in [-0.15, -0.1) is 11.3 Å². The van der Waals surface area contributed by atoms with E-state index in [1.54, 1.807) is 11.3 Å². The molecule has 0 radical (unpaired) electrons. The van der Waals surface area contributed by atoms with E-state index < -0.39 is 0 Å². The fourth-order valence-corrected chi connectivity index (χ4v) is 4.63. The first-order chi connectivity index (χ1) is 12.3. The Morgan fingerprint density at radius 1 is 1.20 bits per heavy atom. The van der Waals surface area contributed by atoms with Gasteiger partial charge in [-0.2, -0.15) is 0 Å². The third-order valence-electron chi connectivity index (χ3n) is 5.35. The predicted molar refractivity (Wildman–Crippen MR) is 102 cm³/mol. The molecular formula is C20H25N3OS. The molecule has 1 amide bonds. The molecule has 2 heterocycles. The number of carbonyl (C=O) groups is 1. The molecule has 1 aliphatic carbocycles. The Bertz CT molecular complexity index is 736. The molecule has 5 heteroatoms. The molecule has 2 aromatic rings. The fraction of sp³-hybridized carbons (Fsp3) is 0.500. The summed E-state index contributed by atoms with van der Waals surface area (Å²) in [6.07, 6.45) is 6.78. The van der Waals surface area contributed by atoms with Gasteiger partial charge in [-0.1, -0.05) is 43.5 Å². The van der Waals surface area contributed by atoms with Crippen LogP contribution in [0.1, 0.15) is 48.9 Å². The molecule has 132 valence electrons. The van der Waals surface area contributed by atoms with Crippen molar-refractivity contribution in [3.05, 3.63) is 46.5 Å². The summed E-state index contributed by atoms with van der Waals surface area (Å²) in [5.41, 5.74) is 3.95. The van der Waals surface area contributed by atoms with Crippen molar-refractivity contribution < 1.29 is 4.79 Å². The predicted octanol–water partition coefficient (Wildman–Crippen LogP) is 4.22. The van der Waals surface area contributed by atoms with Crippen LogP contribution in [0.2, 0.25) is 0 Å². The van der Waals surface area contributed by atoms with Crippen molar-refractivity contribution in [3.8, 4) is 0 Å². The molecule has 1 aliphatic heterocycles. The quantitative estimate of drug-likeness (QED) is 0.893. The van der Waals surface area contributed by atoms with E-state index >= 15 is 0 Å². The van der Waals surface area contributed by atoms with Crippen LogP contribution in [-0.2, 0) is 24.3 Å². The lowest BCUT2D eigenvalue weighted by Gasteiger charge is -2.27. The van der Waals surface area contributed by atoms with Crippen LogP contribution in [0.4, 0.5) is 5.13 Å². The summed E-state index contributed by atoms with van der Waals surface area (Å²) in [5, 5.41) is 5.87. The first kappa shape index (κ1) is 16.7. The maximum Gasteiger partial charge on any atom is 0.229 e. The highest BCUT2D eigenvalue weighted by Crippen LogP contribution is 2.26. The number of amides is 1. The molecule has 1 saturated carbocycles. The molecule has 4 rings (SSSR count). The van der Waals surface area contributed by atoms with Gasteiger partial charge in [-0.3, -0.25) is 9.69 Å². The number of rotatable bonds is 4. The van der Waals surface area contributed by atoms with E-state index in [9.17, 15) is 4.79 Å². The normalized spacial score (nSPS) is 18.7. The second-order valence-corrected chi connectivity index (χ2v) is 8.06. The van der Waals surface area contributed by atoms with Gasteiger partial charge in [-0.05, 0) is 30.4 Å². The number of aromatic nitrogens is 1. The lowest BCUT2D eigenvalue weighted by atomic mass is 9.89. The maximum atomic E-state index is 12.3. The zero-order chi connectivity index (χ0) is 17.1. The first-order valence-corrected chi connectivity index (χ1v) is 10.2. The summed E-state index contributed by atoms with van der Waals surface area (Å²) in [7, 11) is 0. The molecule has 1 aromatic heterocycles. The highest BCUT2D eigenvalue weighted by atomic mass is 32.1. The van der Waals surface area contributed by atoms with Crippen LogP contribution in [0.25, 0.3) is 0 Å². The van der Waals surface area contributed by atoms with E-state index in [0.717, 1.165) is 49.7 Å². The lowest BCUT2D eigenvalue weighted by Crippen LogP contribution is -2.30. The number of benzene rings is 1. The van der Waals surface area contributed by atoms with Crippen LogP contribution >= 0.6 is 11.3 Å². The van der Waals surface area contributed by atoms with Crippen molar-refractivity contribution in [2.45, 2.75) is 51.6 Å². The molecule has 0 atom stereocenters. The molecule has 0 bridgehead atoms. The van der Waals surface area contributed by atoms with Gasteiger partial charge in [0, 0.05) is 30.9 Å². The van der Waals surface area contributed by atoms with E-state index in [-0.39, 0.29) is 11.8 Å². The minimum Gasteiger partial charge on any atom is -0.302 e. The van der Waals surface area contributed by atoms with E-state index in [2.05, 4.69) is 44.8 Å². The Hall–Kier alpha value is -1.72. The summed E-state index contributed by atoms with van der Waals surface area (Å²) in [4.78, 5) is 19.4. The second-order valence-electron chi connectivity index (χ2n) is 7.20. The summed E-state index contributed by atoms with van der Waals surface area (Å²) in [5.74, 6) is 0.340. The van der Waals surface area contributed by atoms with Crippen molar-refractivity contribution in [2.75, 3.05) is 11.9 Å². The van der Waals surface area contributed by atoms with Gasteiger partial charge in [-0.25, -0.2) is 4.98 Å². The Labute approximate surface area is 153 Å². The molecule has 0 saturated heterocycles. The lowest BCUT2D eigenvalue weighted by molar-refractivity contribution is -0.120. The van der Waals surface area contributed by atoms with Gasteiger partial charge in [0.1, 0.15) is 0 Å². The molecule has 0 spiro atoms. The number of nitrogens with zero attached hydrogens (tertiary/aromatic N) is 2. The minimum absolute atomic E-state index is 0.160. The number of thiazole rings is 1. The average molecular weight is 356 g/mol. The van der Waals surface area contributed by atoms with E-state index in [4.69, 9.17) is 0 Å². The van der Waals surface area contributed by atoms with Crippen LogP contribution < -0.4 is 5.32 Å². The Kier molecular flexibility index (Phi) is 5.13. The van der Waals surface area contributed by atoms with Crippen LogP contribution in [0.3, 0.4) is 0 Å².